The quantitative estimate of drug-likeness (QED) is 0.930. The smallest absolute Gasteiger partial charge is 0.137 e. The summed E-state index contributed by atoms with van der Waals surface area (Å²) in [6, 6.07) is 8.90. The first-order valence-electron chi connectivity index (χ1n) is 5.87. The van der Waals surface area contributed by atoms with E-state index in [-0.39, 0.29) is 5.82 Å². The Morgan fingerprint density at radius 3 is 2.63 bits per heavy atom. The minimum Gasteiger partial charge on any atom is -0.380 e. The molecule has 0 amide bonds. The average Bonchev–Trinajstić information content (AvgIpc) is 2.40. The molecule has 19 heavy (non-hydrogen) atoms. The van der Waals surface area contributed by atoms with Crippen LogP contribution in [0, 0.1) is 5.82 Å². The van der Waals surface area contributed by atoms with E-state index >= 15 is 0 Å². The fraction of sp³-hybridized carbons (Fsp3) is 0.214. The van der Waals surface area contributed by atoms with Crippen molar-refractivity contribution in [1.82, 2.24) is 4.98 Å². The van der Waals surface area contributed by atoms with E-state index in [1.54, 1.807) is 18.3 Å². The Kier molecular flexibility index (Phi) is 4.37. The number of aromatic nitrogens is 1. The van der Waals surface area contributed by atoms with Crippen LogP contribution < -0.4 is 10.2 Å². The Balaban J connectivity index is 2.00. The Hall–Kier alpha value is -1.62. The fourth-order valence-electron chi connectivity index (χ4n) is 1.61. The van der Waals surface area contributed by atoms with Crippen molar-refractivity contribution < 1.29 is 4.39 Å². The monoisotopic (exact) mass is 323 g/mol. The molecule has 0 aliphatic heterocycles. The maximum atomic E-state index is 13.1. The van der Waals surface area contributed by atoms with Gasteiger partial charge >= 0.3 is 0 Å². The molecule has 0 unspecified atom stereocenters. The van der Waals surface area contributed by atoms with Crippen LogP contribution in [-0.4, -0.2) is 19.1 Å². The number of nitrogens with one attached hydrogen (secondary N) is 1. The highest BCUT2D eigenvalue weighted by atomic mass is 79.9. The van der Waals surface area contributed by atoms with E-state index in [0.29, 0.717) is 11.0 Å². The summed E-state index contributed by atoms with van der Waals surface area (Å²) in [5, 5.41) is 3.25. The molecule has 1 heterocycles. The highest BCUT2D eigenvalue weighted by molar-refractivity contribution is 9.10. The third kappa shape index (κ3) is 3.67. The van der Waals surface area contributed by atoms with Crippen molar-refractivity contribution in [3.05, 3.63) is 52.4 Å². The summed E-state index contributed by atoms with van der Waals surface area (Å²) in [6.45, 7) is 0.627. The predicted octanol–water partition coefficient (Wildman–Crippen LogP) is 3.66. The number of nitrogens with zero attached hydrogens (tertiary/aromatic N) is 2. The molecule has 0 fully saturated rings. The molecule has 100 valence electrons. The lowest BCUT2D eigenvalue weighted by molar-refractivity contribution is 0.620. The molecule has 1 aromatic carbocycles. The second-order valence-electron chi connectivity index (χ2n) is 4.40. The first-order chi connectivity index (χ1) is 9.06. The van der Waals surface area contributed by atoms with Crippen molar-refractivity contribution in [3.63, 3.8) is 0 Å². The largest absolute Gasteiger partial charge is 0.380 e. The van der Waals surface area contributed by atoms with Gasteiger partial charge in [-0.1, -0.05) is 6.07 Å². The first kappa shape index (κ1) is 13.8. The number of pyridine rings is 1. The van der Waals surface area contributed by atoms with Gasteiger partial charge in [0, 0.05) is 20.6 Å². The first-order valence-corrected chi connectivity index (χ1v) is 6.67. The van der Waals surface area contributed by atoms with Crippen LogP contribution in [0.2, 0.25) is 0 Å². The van der Waals surface area contributed by atoms with Gasteiger partial charge in [-0.15, -0.1) is 0 Å². The van der Waals surface area contributed by atoms with Crippen LogP contribution in [0.1, 0.15) is 5.56 Å². The highest BCUT2D eigenvalue weighted by Gasteiger charge is 2.01. The Bertz CT molecular complexity index is 555. The van der Waals surface area contributed by atoms with Crippen molar-refractivity contribution >= 4 is 27.4 Å². The van der Waals surface area contributed by atoms with E-state index in [4.69, 9.17) is 0 Å². The van der Waals surface area contributed by atoms with E-state index in [1.807, 2.05) is 31.1 Å². The van der Waals surface area contributed by atoms with Crippen LogP contribution in [0.3, 0.4) is 0 Å². The lowest BCUT2D eigenvalue weighted by atomic mass is 10.2. The van der Waals surface area contributed by atoms with Crippen LogP contribution in [0.4, 0.5) is 15.9 Å². The number of hydrogen-bond donors (Lipinski definition) is 1. The Labute approximate surface area is 120 Å². The number of anilines is 2. The van der Waals surface area contributed by atoms with Crippen LogP contribution in [0.25, 0.3) is 0 Å². The molecule has 3 nitrogen and oxygen atoms in total. The number of rotatable bonds is 4. The molecule has 0 aliphatic rings. The highest BCUT2D eigenvalue weighted by Crippen LogP contribution is 2.18. The standard InChI is InChI=1S/C14H15BrFN3/c1-19(2)14-6-4-11(9-18-14)17-8-10-3-5-13(16)12(15)7-10/h3-7,9,17H,8H2,1-2H3. The predicted molar refractivity (Wildman–Crippen MR) is 80.0 cm³/mol. The second-order valence-corrected chi connectivity index (χ2v) is 5.26. The molecule has 0 spiro atoms. The molecule has 0 radical (unpaired) electrons. The summed E-state index contributed by atoms with van der Waals surface area (Å²) in [7, 11) is 3.90. The van der Waals surface area contributed by atoms with Crippen molar-refractivity contribution in [2.45, 2.75) is 6.54 Å². The normalized spacial score (nSPS) is 10.3. The van der Waals surface area contributed by atoms with Gasteiger partial charge < -0.3 is 10.2 Å². The summed E-state index contributed by atoms with van der Waals surface area (Å²) in [5.41, 5.74) is 1.94. The fourth-order valence-corrected chi connectivity index (χ4v) is 2.04. The molecule has 1 aromatic heterocycles. The van der Waals surface area contributed by atoms with Crippen LogP contribution in [0.5, 0.6) is 0 Å². The second kappa shape index (κ2) is 6.02. The molecule has 2 aromatic rings. The summed E-state index contributed by atoms with van der Waals surface area (Å²) >= 11 is 3.18. The molecular weight excluding hydrogens is 309 g/mol. The maximum Gasteiger partial charge on any atom is 0.137 e. The van der Waals surface area contributed by atoms with E-state index in [2.05, 4.69) is 26.2 Å². The zero-order valence-corrected chi connectivity index (χ0v) is 12.4. The van der Waals surface area contributed by atoms with E-state index < -0.39 is 0 Å². The van der Waals surface area contributed by atoms with Gasteiger partial charge in [0.2, 0.25) is 0 Å². The SMILES string of the molecule is CN(C)c1ccc(NCc2ccc(F)c(Br)c2)cn1. The Morgan fingerprint density at radius 2 is 2.05 bits per heavy atom. The van der Waals surface area contributed by atoms with E-state index in [0.717, 1.165) is 17.1 Å². The molecule has 0 atom stereocenters. The topological polar surface area (TPSA) is 28.2 Å². The van der Waals surface area contributed by atoms with Crippen molar-refractivity contribution in [3.8, 4) is 0 Å². The molecule has 0 saturated heterocycles. The molecule has 0 saturated carbocycles. The van der Waals surface area contributed by atoms with Gasteiger partial charge in [-0.3, -0.25) is 0 Å². The minimum absolute atomic E-state index is 0.249. The summed E-state index contributed by atoms with van der Waals surface area (Å²) in [5.74, 6) is 0.663. The number of benzene rings is 1. The van der Waals surface area contributed by atoms with Crippen molar-refractivity contribution in [2.75, 3.05) is 24.3 Å². The number of halogens is 2. The molecular formula is C14H15BrFN3. The third-order valence-electron chi connectivity index (χ3n) is 2.69. The van der Waals surface area contributed by atoms with Gasteiger partial charge in [0.05, 0.1) is 16.4 Å². The summed E-state index contributed by atoms with van der Waals surface area (Å²) in [6.07, 6.45) is 1.79. The molecule has 0 bridgehead atoms. The zero-order valence-electron chi connectivity index (χ0n) is 10.8. The van der Waals surface area contributed by atoms with Crippen molar-refractivity contribution in [1.29, 1.82) is 0 Å². The van der Waals surface area contributed by atoms with Gasteiger partial charge in [0.25, 0.3) is 0 Å². The third-order valence-corrected chi connectivity index (χ3v) is 3.29. The van der Waals surface area contributed by atoms with Crippen LogP contribution in [-0.2, 0) is 6.54 Å². The minimum atomic E-state index is -0.249. The zero-order chi connectivity index (χ0) is 13.8. The Morgan fingerprint density at radius 1 is 1.26 bits per heavy atom. The number of hydrogen-bond acceptors (Lipinski definition) is 3. The van der Waals surface area contributed by atoms with Crippen molar-refractivity contribution in [2.24, 2.45) is 0 Å². The van der Waals surface area contributed by atoms with E-state index in [9.17, 15) is 4.39 Å². The van der Waals surface area contributed by atoms with Crippen LogP contribution in [0.15, 0.2) is 41.0 Å². The van der Waals surface area contributed by atoms with Gasteiger partial charge in [-0.2, -0.15) is 0 Å². The van der Waals surface area contributed by atoms with E-state index in [1.165, 1.54) is 6.07 Å². The lowest BCUT2D eigenvalue weighted by Gasteiger charge is -2.12. The maximum absolute atomic E-state index is 13.1. The lowest BCUT2D eigenvalue weighted by Crippen LogP contribution is -2.10. The average molecular weight is 324 g/mol. The molecule has 1 N–H and O–H groups in total. The summed E-state index contributed by atoms with van der Waals surface area (Å²) in [4.78, 5) is 6.26. The van der Waals surface area contributed by atoms with Crippen LogP contribution >= 0.6 is 15.9 Å². The molecule has 2 rings (SSSR count). The van der Waals surface area contributed by atoms with Gasteiger partial charge in [0.15, 0.2) is 0 Å². The summed E-state index contributed by atoms with van der Waals surface area (Å²) < 4.78 is 13.6. The van der Waals surface area contributed by atoms with Gasteiger partial charge in [0.1, 0.15) is 11.6 Å². The van der Waals surface area contributed by atoms with Gasteiger partial charge in [-0.25, -0.2) is 9.37 Å². The molecule has 5 heteroatoms. The van der Waals surface area contributed by atoms with Gasteiger partial charge in [-0.05, 0) is 45.8 Å². The molecule has 0 aliphatic carbocycles.